The molecule has 0 spiro atoms. The van der Waals surface area contributed by atoms with E-state index < -0.39 is 6.10 Å². The monoisotopic (exact) mass is 358 g/mol. The van der Waals surface area contributed by atoms with Crippen LogP contribution in [0.4, 0.5) is 0 Å². The molecular weight excluding hydrogens is 316 g/mol. The molecule has 0 aromatic heterocycles. The minimum Gasteiger partial charge on any atom is -0.394 e. The van der Waals surface area contributed by atoms with Gasteiger partial charge >= 0.3 is 0 Å². The Balaban J connectivity index is 3.22. The lowest BCUT2D eigenvalue weighted by molar-refractivity contribution is 0.00526. The highest BCUT2D eigenvalue weighted by Gasteiger charge is 2.01. The molecule has 0 aromatic rings. The fourth-order valence-electron chi connectivity index (χ4n) is 2.74. The van der Waals surface area contributed by atoms with Crippen LogP contribution in [0.25, 0.3) is 0 Å². The third-order valence-corrected chi connectivity index (χ3v) is 4.40. The van der Waals surface area contributed by atoms with Crippen molar-refractivity contribution in [2.24, 2.45) is 0 Å². The largest absolute Gasteiger partial charge is 0.394 e. The van der Waals surface area contributed by atoms with Crippen molar-refractivity contribution in [3.63, 3.8) is 0 Å². The van der Waals surface area contributed by atoms with Gasteiger partial charge in [-0.05, 0) is 32.1 Å². The number of aliphatic hydroxyl groups is 3. The first-order chi connectivity index (χ1) is 12.2. The van der Waals surface area contributed by atoms with E-state index in [0.29, 0.717) is 6.61 Å². The van der Waals surface area contributed by atoms with Crippen molar-refractivity contribution in [2.45, 2.75) is 103 Å². The van der Waals surface area contributed by atoms with Gasteiger partial charge in [0.2, 0.25) is 0 Å². The first kappa shape index (κ1) is 24.6. The maximum absolute atomic E-state index is 9.87. The third-order valence-electron chi connectivity index (χ3n) is 4.40. The summed E-state index contributed by atoms with van der Waals surface area (Å²) in [5.41, 5.74) is 0. The zero-order valence-corrected chi connectivity index (χ0v) is 16.4. The Kier molecular flexibility index (Phi) is 19.6. The lowest BCUT2D eigenvalue weighted by atomic mass is 10.1. The molecule has 0 heterocycles. The fraction of sp³-hybridized carbons (Fsp3) is 0.905. The number of hydrogen-bond donors (Lipinski definition) is 3. The molecule has 0 amide bonds. The molecule has 1 unspecified atom stereocenters. The summed E-state index contributed by atoms with van der Waals surface area (Å²) in [5.74, 6) is 0. The van der Waals surface area contributed by atoms with Crippen LogP contribution in [0.2, 0.25) is 0 Å². The van der Waals surface area contributed by atoms with E-state index in [9.17, 15) is 5.11 Å². The van der Waals surface area contributed by atoms with E-state index >= 15 is 0 Å². The zero-order chi connectivity index (χ0) is 18.6. The van der Waals surface area contributed by atoms with Crippen molar-refractivity contribution in [1.82, 2.24) is 0 Å². The second-order valence-corrected chi connectivity index (χ2v) is 7.03. The van der Waals surface area contributed by atoms with Crippen LogP contribution in [0.5, 0.6) is 0 Å². The van der Waals surface area contributed by atoms with Crippen molar-refractivity contribution in [3.05, 3.63) is 12.2 Å². The Morgan fingerprint density at radius 3 is 2.20 bits per heavy atom. The van der Waals surface area contributed by atoms with Crippen LogP contribution in [0, 0.1) is 0 Å². The van der Waals surface area contributed by atoms with Gasteiger partial charge in [0.1, 0.15) is 6.10 Å². The van der Waals surface area contributed by atoms with Gasteiger partial charge in [-0.3, -0.25) is 0 Å². The van der Waals surface area contributed by atoms with E-state index in [1.54, 1.807) is 0 Å². The van der Waals surface area contributed by atoms with Crippen LogP contribution in [-0.2, 0) is 4.74 Å². The van der Waals surface area contributed by atoms with Gasteiger partial charge in [-0.1, -0.05) is 70.4 Å². The lowest BCUT2D eigenvalue weighted by Gasteiger charge is -2.08. The van der Waals surface area contributed by atoms with Crippen LogP contribution in [0.15, 0.2) is 12.2 Å². The van der Waals surface area contributed by atoms with Gasteiger partial charge in [-0.15, -0.1) is 0 Å². The van der Waals surface area contributed by atoms with Crippen LogP contribution in [0.1, 0.15) is 90.4 Å². The molecule has 0 aliphatic heterocycles. The van der Waals surface area contributed by atoms with Crippen LogP contribution < -0.4 is 0 Å². The average molecular weight is 359 g/mol. The molecule has 0 aliphatic rings. The molecule has 0 aliphatic carbocycles. The topological polar surface area (TPSA) is 69.9 Å². The smallest absolute Gasteiger partial charge is 0.100 e. The van der Waals surface area contributed by atoms with Gasteiger partial charge < -0.3 is 20.1 Å². The van der Waals surface area contributed by atoms with E-state index in [1.165, 1.54) is 44.9 Å². The quantitative estimate of drug-likeness (QED) is 0.237. The Labute approximate surface area is 155 Å². The first-order valence-electron chi connectivity index (χ1n) is 10.4. The van der Waals surface area contributed by atoms with Gasteiger partial charge in [-0.25, -0.2) is 0 Å². The molecule has 0 fully saturated rings. The van der Waals surface area contributed by atoms with Crippen molar-refractivity contribution >= 4 is 0 Å². The second kappa shape index (κ2) is 19.9. The van der Waals surface area contributed by atoms with E-state index in [1.807, 2.05) is 0 Å². The molecule has 4 heteroatoms. The SMILES string of the molecule is CCCCCC[C@@H](O)C/C=C\CCCCCCCCOCC(O)CO. The van der Waals surface area contributed by atoms with Crippen LogP contribution in [0.3, 0.4) is 0 Å². The number of allylic oxidation sites excluding steroid dienone is 1. The van der Waals surface area contributed by atoms with Gasteiger partial charge in [0.15, 0.2) is 0 Å². The number of unbranched alkanes of at least 4 members (excludes halogenated alkanes) is 9. The molecule has 0 aromatic carbocycles. The summed E-state index contributed by atoms with van der Waals surface area (Å²) in [6.45, 7) is 2.88. The Hall–Kier alpha value is -0.420. The number of rotatable bonds is 19. The Bertz CT molecular complexity index is 281. The second-order valence-electron chi connectivity index (χ2n) is 7.03. The fourth-order valence-corrected chi connectivity index (χ4v) is 2.74. The van der Waals surface area contributed by atoms with Gasteiger partial charge in [0.25, 0.3) is 0 Å². The highest BCUT2D eigenvalue weighted by molar-refractivity contribution is 4.84. The summed E-state index contributed by atoms with van der Waals surface area (Å²) in [7, 11) is 0. The molecule has 0 saturated carbocycles. The Morgan fingerprint density at radius 2 is 1.48 bits per heavy atom. The van der Waals surface area contributed by atoms with Crippen molar-refractivity contribution in [3.8, 4) is 0 Å². The minimum atomic E-state index is -0.741. The summed E-state index contributed by atoms with van der Waals surface area (Å²) >= 11 is 0. The first-order valence-corrected chi connectivity index (χ1v) is 10.4. The normalized spacial score (nSPS) is 14.2. The highest BCUT2D eigenvalue weighted by atomic mass is 16.5. The summed E-state index contributed by atoms with van der Waals surface area (Å²) in [5, 5.41) is 27.6. The summed E-state index contributed by atoms with van der Waals surface area (Å²) in [6.07, 6.45) is 18.4. The van der Waals surface area contributed by atoms with E-state index in [2.05, 4.69) is 19.1 Å². The Morgan fingerprint density at radius 1 is 0.800 bits per heavy atom. The average Bonchev–Trinajstić information content (AvgIpc) is 2.62. The van der Waals surface area contributed by atoms with Crippen molar-refractivity contribution in [1.29, 1.82) is 0 Å². The van der Waals surface area contributed by atoms with Crippen LogP contribution >= 0.6 is 0 Å². The molecule has 150 valence electrons. The zero-order valence-electron chi connectivity index (χ0n) is 16.4. The molecule has 0 bridgehead atoms. The van der Waals surface area contributed by atoms with Crippen LogP contribution in [-0.4, -0.2) is 47.3 Å². The summed E-state index contributed by atoms with van der Waals surface area (Å²) < 4.78 is 5.27. The van der Waals surface area contributed by atoms with Gasteiger partial charge in [0.05, 0.1) is 19.3 Å². The number of ether oxygens (including phenoxy) is 1. The van der Waals surface area contributed by atoms with Gasteiger partial charge in [-0.2, -0.15) is 0 Å². The van der Waals surface area contributed by atoms with Gasteiger partial charge in [0, 0.05) is 6.61 Å². The standard InChI is InChI=1S/C21H42O4/c1-2-3-4-12-15-20(23)16-13-10-8-6-5-7-9-11-14-17-25-19-21(24)18-22/h10,13,20-24H,2-9,11-12,14-19H2,1H3/b13-10-/t20-,21?/m1/s1. The molecule has 3 N–H and O–H groups in total. The maximum atomic E-state index is 9.87. The van der Waals surface area contributed by atoms with E-state index in [0.717, 1.165) is 38.5 Å². The third kappa shape index (κ3) is 19.7. The van der Waals surface area contributed by atoms with Crippen molar-refractivity contribution in [2.75, 3.05) is 19.8 Å². The highest BCUT2D eigenvalue weighted by Crippen LogP contribution is 2.10. The lowest BCUT2D eigenvalue weighted by Crippen LogP contribution is -2.19. The number of aliphatic hydroxyl groups excluding tert-OH is 3. The van der Waals surface area contributed by atoms with Crippen molar-refractivity contribution < 1.29 is 20.1 Å². The summed E-state index contributed by atoms with van der Waals surface area (Å²) in [4.78, 5) is 0. The molecule has 25 heavy (non-hydrogen) atoms. The molecule has 4 nitrogen and oxygen atoms in total. The van der Waals surface area contributed by atoms with E-state index in [4.69, 9.17) is 14.9 Å². The predicted molar refractivity (Wildman–Crippen MR) is 105 cm³/mol. The molecule has 0 radical (unpaired) electrons. The molecular formula is C21H42O4. The summed E-state index contributed by atoms with van der Waals surface area (Å²) in [6, 6.07) is 0. The number of hydrogen-bond acceptors (Lipinski definition) is 4. The molecule has 0 saturated heterocycles. The molecule has 0 rings (SSSR count). The van der Waals surface area contributed by atoms with E-state index in [-0.39, 0.29) is 19.3 Å². The maximum Gasteiger partial charge on any atom is 0.100 e. The molecule has 2 atom stereocenters. The predicted octanol–water partition coefficient (Wildman–Crippen LogP) is 4.36. The minimum absolute atomic E-state index is 0.159.